The minimum absolute atomic E-state index is 0.0228. The van der Waals surface area contributed by atoms with Crippen LogP contribution in [0.25, 0.3) is 0 Å². The first kappa shape index (κ1) is 14.9. The van der Waals surface area contributed by atoms with Crippen LogP contribution in [-0.4, -0.2) is 23.0 Å². The Morgan fingerprint density at radius 1 is 1.26 bits per heavy atom. The van der Waals surface area contributed by atoms with E-state index in [0.29, 0.717) is 0 Å². The zero-order chi connectivity index (χ0) is 14.6. The van der Waals surface area contributed by atoms with Crippen LogP contribution in [0, 0.1) is 21.8 Å². The second-order valence-corrected chi connectivity index (χ2v) is 4.34. The maximum atomic E-state index is 13.7. The smallest absolute Gasteiger partial charge is 0.211 e. The molecule has 0 bridgehead atoms. The van der Waals surface area contributed by atoms with Crippen molar-refractivity contribution in [1.29, 1.82) is 0 Å². The fourth-order valence-electron chi connectivity index (χ4n) is 2.17. The van der Waals surface area contributed by atoms with Crippen molar-refractivity contribution in [2.75, 3.05) is 6.54 Å². The second-order valence-electron chi connectivity index (χ2n) is 4.34. The summed E-state index contributed by atoms with van der Waals surface area (Å²) >= 11 is 0. The Bertz CT molecular complexity index is 501. The number of ketones is 2. The molecule has 0 aliphatic carbocycles. The van der Waals surface area contributed by atoms with Crippen LogP contribution in [0.4, 0.5) is 4.39 Å². The molecule has 5 nitrogen and oxygen atoms in total. The third-order valence-corrected chi connectivity index (χ3v) is 2.93. The van der Waals surface area contributed by atoms with Gasteiger partial charge in [-0.25, -0.2) is 4.39 Å². The Morgan fingerprint density at radius 3 is 2.21 bits per heavy atom. The second kappa shape index (κ2) is 6.17. The van der Waals surface area contributed by atoms with Gasteiger partial charge in [0, 0.05) is 4.92 Å². The van der Waals surface area contributed by atoms with Gasteiger partial charge in [0.1, 0.15) is 17.4 Å². The van der Waals surface area contributed by atoms with Crippen molar-refractivity contribution in [1.82, 2.24) is 0 Å². The van der Waals surface area contributed by atoms with E-state index in [1.165, 1.54) is 32.0 Å². The summed E-state index contributed by atoms with van der Waals surface area (Å²) in [7, 11) is 0. The van der Waals surface area contributed by atoms with Gasteiger partial charge in [-0.05, 0) is 25.5 Å². The molecule has 0 spiro atoms. The molecule has 0 saturated carbocycles. The minimum Gasteiger partial charge on any atom is -0.299 e. The van der Waals surface area contributed by atoms with E-state index in [1.54, 1.807) is 0 Å². The Hall–Kier alpha value is -2.11. The van der Waals surface area contributed by atoms with E-state index in [4.69, 9.17) is 0 Å². The Balaban J connectivity index is 3.28. The minimum atomic E-state index is -1.19. The van der Waals surface area contributed by atoms with Gasteiger partial charge in [-0.3, -0.25) is 19.7 Å². The van der Waals surface area contributed by atoms with Crippen molar-refractivity contribution in [3.8, 4) is 0 Å². The third-order valence-electron chi connectivity index (χ3n) is 2.93. The summed E-state index contributed by atoms with van der Waals surface area (Å²) < 4.78 is 13.7. The number of carbonyl (C=O) groups is 2. The number of halogens is 1. The summed E-state index contributed by atoms with van der Waals surface area (Å²) in [6.07, 6.45) is 0. The summed E-state index contributed by atoms with van der Waals surface area (Å²) in [6, 6.07) is 5.48. The Kier molecular flexibility index (Phi) is 4.86. The highest BCUT2D eigenvalue weighted by Crippen LogP contribution is 2.28. The van der Waals surface area contributed by atoms with Crippen LogP contribution in [0.2, 0.25) is 0 Å². The normalized spacial score (nSPS) is 12.2. The summed E-state index contributed by atoms with van der Waals surface area (Å²) in [6.45, 7) is 1.70. The predicted molar refractivity (Wildman–Crippen MR) is 65.9 cm³/mol. The molecule has 1 aromatic carbocycles. The average molecular weight is 267 g/mol. The standard InChI is InChI=1S/C13H14FNO4/c1-8(16)13(9(2)17)11(7-15(18)19)10-5-3-4-6-12(10)14/h3-6,11,13H,7H2,1-2H3. The Morgan fingerprint density at radius 2 is 1.79 bits per heavy atom. The molecule has 0 saturated heterocycles. The van der Waals surface area contributed by atoms with Crippen molar-refractivity contribution in [3.05, 3.63) is 45.8 Å². The number of benzene rings is 1. The van der Waals surface area contributed by atoms with Crippen LogP contribution >= 0.6 is 0 Å². The maximum absolute atomic E-state index is 13.7. The molecule has 1 unspecified atom stereocenters. The summed E-state index contributed by atoms with van der Waals surface area (Å²) in [5, 5.41) is 10.7. The lowest BCUT2D eigenvalue weighted by Gasteiger charge is -2.20. The highest BCUT2D eigenvalue weighted by Gasteiger charge is 2.35. The van der Waals surface area contributed by atoms with E-state index in [9.17, 15) is 24.1 Å². The molecular formula is C13H14FNO4. The van der Waals surface area contributed by atoms with E-state index in [0.717, 1.165) is 6.07 Å². The van der Waals surface area contributed by atoms with E-state index < -0.39 is 40.7 Å². The summed E-state index contributed by atoms with van der Waals surface area (Å²) in [5.74, 6) is -3.92. The van der Waals surface area contributed by atoms with Crippen molar-refractivity contribution >= 4 is 11.6 Å². The van der Waals surface area contributed by atoms with Crippen LogP contribution in [0.5, 0.6) is 0 Å². The van der Waals surface area contributed by atoms with Gasteiger partial charge in [0.05, 0.1) is 11.8 Å². The number of carbonyl (C=O) groups excluding carboxylic acids is 2. The number of hydrogen-bond donors (Lipinski definition) is 0. The van der Waals surface area contributed by atoms with Gasteiger partial charge < -0.3 is 0 Å². The molecule has 0 N–H and O–H groups in total. The SMILES string of the molecule is CC(=O)C(C(C)=O)C(C[N+](=O)[O-])c1ccccc1F. The first-order chi connectivity index (χ1) is 8.84. The van der Waals surface area contributed by atoms with Gasteiger partial charge in [-0.15, -0.1) is 0 Å². The molecule has 1 atom stereocenters. The average Bonchev–Trinajstić information content (AvgIpc) is 2.27. The van der Waals surface area contributed by atoms with Gasteiger partial charge in [0.25, 0.3) is 0 Å². The number of Topliss-reactive ketones (excluding diaryl/α,β-unsaturated/α-hetero) is 2. The monoisotopic (exact) mass is 267 g/mol. The van der Waals surface area contributed by atoms with Crippen molar-refractivity contribution in [3.63, 3.8) is 0 Å². The molecule has 0 aromatic heterocycles. The van der Waals surface area contributed by atoms with E-state index in [1.807, 2.05) is 0 Å². The topological polar surface area (TPSA) is 77.3 Å². The molecular weight excluding hydrogens is 253 g/mol. The lowest BCUT2D eigenvalue weighted by atomic mass is 9.81. The number of hydrogen-bond acceptors (Lipinski definition) is 4. The first-order valence-corrected chi connectivity index (χ1v) is 5.71. The largest absolute Gasteiger partial charge is 0.299 e. The zero-order valence-corrected chi connectivity index (χ0v) is 10.6. The summed E-state index contributed by atoms with van der Waals surface area (Å²) in [4.78, 5) is 33.1. The molecule has 0 amide bonds. The Labute approximate surface area is 109 Å². The molecule has 102 valence electrons. The van der Waals surface area contributed by atoms with Crippen LogP contribution in [-0.2, 0) is 9.59 Å². The predicted octanol–water partition coefficient (Wildman–Crippen LogP) is 1.98. The highest BCUT2D eigenvalue weighted by molar-refractivity contribution is 6.01. The fourth-order valence-corrected chi connectivity index (χ4v) is 2.17. The lowest BCUT2D eigenvalue weighted by Crippen LogP contribution is -2.32. The van der Waals surface area contributed by atoms with Crippen molar-refractivity contribution < 1.29 is 18.9 Å². The van der Waals surface area contributed by atoms with Gasteiger partial charge >= 0.3 is 0 Å². The molecule has 0 heterocycles. The van der Waals surface area contributed by atoms with E-state index in [2.05, 4.69) is 0 Å². The number of rotatable bonds is 6. The zero-order valence-electron chi connectivity index (χ0n) is 10.6. The highest BCUT2D eigenvalue weighted by atomic mass is 19.1. The van der Waals surface area contributed by atoms with Crippen LogP contribution in [0.15, 0.2) is 24.3 Å². The molecule has 1 aromatic rings. The number of nitrogens with zero attached hydrogens (tertiary/aromatic N) is 1. The van der Waals surface area contributed by atoms with Gasteiger partial charge in [-0.2, -0.15) is 0 Å². The molecule has 0 fully saturated rings. The summed E-state index contributed by atoms with van der Waals surface area (Å²) in [5.41, 5.74) is 0.0228. The van der Waals surface area contributed by atoms with Crippen LogP contribution in [0.1, 0.15) is 25.3 Å². The molecule has 0 radical (unpaired) electrons. The van der Waals surface area contributed by atoms with Gasteiger partial charge in [0.15, 0.2) is 0 Å². The molecule has 19 heavy (non-hydrogen) atoms. The molecule has 1 rings (SSSR count). The van der Waals surface area contributed by atoms with E-state index in [-0.39, 0.29) is 5.56 Å². The molecule has 0 aliphatic rings. The number of nitro groups is 1. The van der Waals surface area contributed by atoms with Gasteiger partial charge in [-0.1, -0.05) is 18.2 Å². The van der Waals surface area contributed by atoms with E-state index >= 15 is 0 Å². The van der Waals surface area contributed by atoms with Crippen molar-refractivity contribution in [2.45, 2.75) is 19.8 Å². The quantitative estimate of drug-likeness (QED) is 0.448. The van der Waals surface area contributed by atoms with Gasteiger partial charge in [0.2, 0.25) is 6.54 Å². The fraction of sp³-hybridized carbons (Fsp3) is 0.385. The maximum Gasteiger partial charge on any atom is 0.211 e. The third kappa shape index (κ3) is 3.67. The first-order valence-electron chi connectivity index (χ1n) is 5.71. The molecule has 0 aliphatic heterocycles. The van der Waals surface area contributed by atoms with Crippen LogP contribution < -0.4 is 0 Å². The van der Waals surface area contributed by atoms with Crippen molar-refractivity contribution in [2.24, 2.45) is 5.92 Å². The lowest BCUT2D eigenvalue weighted by molar-refractivity contribution is -0.484. The van der Waals surface area contributed by atoms with Crippen LogP contribution in [0.3, 0.4) is 0 Å². The molecule has 6 heteroatoms.